The first-order valence-corrected chi connectivity index (χ1v) is 9.11. The van der Waals surface area contributed by atoms with Gasteiger partial charge < -0.3 is 4.74 Å². The number of nitrogens with zero attached hydrogens (tertiary/aromatic N) is 2. The van der Waals surface area contributed by atoms with E-state index >= 15 is 0 Å². The number of ether oxygens (including phenoxy) is 1. The number of benzene rings is 2. The third kappa shape index (κ3) is 5.61. The Kier molecular flexibility index (Phi) is 5.76. The molecule has 25 heavy (non-hydrogen) atoms. The Balaban J connectivity index is 2.03. The average Bonchev–Trinajstić information content (AvgIpc) is 2.60. The molecule has 0 bridgehead atoms. The molecule has 1 N–H and O–H groups in total. The first-order chi connectivity index (χ1) is 11.9. The summed E-state index contributed by atoms with van der Waals surface area (Å²) in [6.45, 7) is 1.29. The minimum Gasteiger partial charge on any atom is -0.491 e. The highest BCUT2D eigenvalue weighted by Crippen LogP contribution is 2.15. The van der Waals surface area contributed by atoms with Crippen molar-refractivity contribution in [1.82, 2.24) is 4.72 Å². The van der Waals surface area contributed by atoms with E-state index in [-0.39, 0.29) is 12.4 Å². The first kappa shape index (κ1) is 18.5. The maximum atomic E-state index is 12.3. The van der Waals surface area contributed by atoms with E-state index in [1.165, 1.54) is 6.92 Å². The molecule has 1 unspecified atom stereocenters. The van der Waals surface area contributed by atoms with Crippen molar-refractivity contribution in [3.8, 4) is 17.9 Å². The highest BCUT2D eigenvalue weighted by Gasteiger charge is 2.31. The molecule has 2 aromatic carbocycles. The van der Waals surface area contributed by atoms with Gasteiger partial charge in [-0.2, -0.15) is 15.2 Å². The van der Waals surface area contributed by atoms with Crippen LogP contribution in [0.4, 0.5) is 0 Å². The lowest BCUT2D eigenvalue weighted by molar-refractivity contribution is 0.252. The highest BCUT2D eigenvalue weighted by atomic mass is 32.2. The minimum absolute atomic E-state index is 0.163. The fraction of sp³-hybridized carbons (Fsp3) is 0.222. The summed E-state index contributed by atoms with van der Waals surface area (Å²) in [7, 11) is -3.72. The molecule has 1 atom stereocenters. The summed E-state index contributed by atoms with van der Waals surface area (Å²) in [5.41, 5.74) is -0.302. The van der Waals surface area contributed by atoms with Crippen LogP contribution in [0, 0.1) is 22.7 Å². The molecule has 0 radical (unpaired) electrons. The quantitative estimate of drug-likeness (QED) is 0.821. The van der Waals surface area contributed by atoms with Gasteiger partial charge in [-0.05, 0) is 36.8 Å². The Hall–Kier alpha value is -2.87. The number of hydrogen-bond donors (Lipinski definition) is 1. The maximum Gasteiger partial charge on any atom is 0.217 e. The Labute approximate surface area is 147 Å². The van der Waals surface area contributed by atoms with Crippen molar-refractivity contribution in [2.75, 3.05) is 6.61 Å². The van der Waals surface area contributed by atoms with Gasteiger partial charge in [-0.1, -0.05) is 30.3 Å². The van der Waals surface area contributed by atoms with Crippen LogP contribution < -0.4 is 9.46 Å². The van der Waals surface area contributed by atoms with Crippen LogP contribution >= 0.6 is 0 Å². The third-order valence-electron chi connectivity index (χ3n) is 3.34. The summed E-state index contributed by atoms with van der Waals surface area (Å²) in [5.74, 6) is 0.227. The second-order valence-electron chi connectivity index (χ2n) is 5.72. The predicted octanol–water partition coefficient (Wildman–Crippen LogP) is 2.34. The summed E-state index contributed by atoms with van der Waals surface area (Å²) in [6.07, 6.45) is 0. The number of nitriles is 2. The second kappa shape index (κ2) is 7.80. The lowest BCUT2D eigenvalue weighted by Gasteiger charge is -2.23. The zero-order chi connectivity index (χ0) is 18.3. The topological polar surface area (TPSA) is 103 Å². The number of rotatable bonds is 7. The fourth-order valence-electron chi connectivity index (χ4n) is 2.11. The highest BCUT2D eigenvalue weighted by molar-refractivity contribution is 7.88. The molecular formula is C18H17N3O3S. The van der Waals surface area contributed by atoms with E-state index < -0.39 is 15.6 Å². The smallest absolute Gasteiger partial charge is 0.217 e. The largest absolute Gasteiger partial charge is 0.491 e. The van der Waals surface area contributed by atoms with Crippen LogP contribution in [0.1, 0.15) is 18.1 Å². The summed E-state index contributed by atoms with van der Waals surface area (Å²) in [4.78, 5) is 0. The molecule has 6 nitrogen and oxygen atoms in total. The molecule has 0 saturated heterocycles. The van der Waals surface area contributed by atoms with Crippen molar-refractivity contribution >= 4 is 10.0 Å². The molecule has 0 aliphatic heterocycles. The lowest BCUT2D eigenvalue weighted by Crippen LogP contribution is -2.49. The van der Waals surface area contributed by atoms with E-state index in [1.807, 2.05) is 12.1 Å². The van der Waals surface area contributed by atoms with Gasteiger partial charge in [0.1, 0.15) is 12.4 Å². The van der Waals surface area contributed by atoms with Gasteiger partial charge >= 0.3 is 0 Å². The predicted molar refractivity (Wildman–Crippen MR) is 92.9 cm³/mol. The van der Waals surface area contributed by atoms with Crippen molar-refractivity contribution in [2.45, 2.75) is 18.2 Å². The van der Waals surface area contributed by atoms with E-state index in [4.69, 9.17) is 10.00 Å². The fourth-order valence-corrected chi connectivity index (χ4v) is 3.61. The summed E-state index contributed by atoms with van der Waals surface area (Å²) >= 11 is 0. The van der Waals surface area contributed by atoms with Crippen LogP contribution in [0.2, 0.25) is 0 Å². The van der Waals surface area contributed by atoms with Gasteiger partial charge in [0.05, 0.1) is 23.5 Å². The van der Waals surface area contributed by atoms with E-state index in [0.717, 1.165) is 0 Å². The SMILES string of the molecule is CC(C#N)(COc1ccc(C#N)cc1)NS(=O)(=O)Cc1ccccc1. The first-order valence-electron chi connectivity index (χ1n) is 7.46. The van der Waals surface area contributed by atoms with E-state index in [1.54, 1.807) is 54.6 Å². The van der Waals surface area contributed by atoms with Crippen molar-refractivity contribution in [1.29, 1.82) is 10.5 Å². The molecule has 0 amide bonds. The van der Waals surface area contributed by atoms with E-state index in [0.29, 0.717) is 16.9 Å². The summed E-state index contributed by atoms with van der Waals surface area (Å²) in [6, 6.07) is 19.0. The molecule has 0 aliphatic carbocycles. The van der Waals surface area contributed by atoms with Crippen LogP contribution in [-0.2, 0) is 15.8 Å². The van der Waals surface area contributed by atoms with Gasteiger partial charge in [-0.25, -0.2) is 8.42 Å². The standard InChI is InChI=1S/C18H17N3O3S/c1-18(13-20,14-24-17-9-7-15(11-19)8-10-17)21-25(22,23)12-16-5-3-2-4-6-16/h2-10,21H,12,14H2,1H3. The molecule has 0 spiro atoms. The van der Waals surface area contributed by atoms with Crippen molar-refractivity contribution in [3.63, 3.8) is 0 Å². The molecule has 128 valence electrons. The van der Waals surface area contributed by atoms with Gasteiger partial charge in [0.2, 0.25) is 10.0 Å². The molecular weight excluding hydrogens is 338 g/mol. The average molecular weight is 355 g/mol. The van der Waals surface area contributed by atoms with Gasteiger partial charge in [-0.15, -0.1) is 0 Å². The molecule has 2 rings (SSSR count). The molecule has 0 heterocycles. The molecule has 0 saturated carbocycles. The van der Waals surface area contributed by atoms with Crippen LogP contribution in [-0.4, -0.2) is 20.6 Å². The third-order valence-corrected chi connectivity index (χ3v) is 4.81. The second-order valence-corrected chi connectivity index (χ2v) is 7.44. The molecule has 0 fully saturated rings. The van der Waals surface area contributed by atoms with Gasteiger partial charge in [0.25, 0.3) is 0 Å². The zero-order valence-electron chi connectivity index (χ0n) is 13.6. The van der Waals surface area contributed by atoms with Crippen molar-refractivity contribution in [3.05, 3.63) is 65.7 Å². The Bertz CT molecular complexity index is 897. The van der Waals surface area contributed by atoms with E-state index in [9.17, 15) is 13.7 Å². The summed E-state index contributed by atoms with van der Waals surface area (Å²) in [5, 5.41) is 18.1. The van der Waals surface area contributed by atoms with Gasteiger partial charge in [-0.3, -0.25) is 0 Å². The van der Waals surface area contributed by atoms with Crippen LogP contribution in [0.15, 0.2) is 54.6 Å². The number of sulfonamides is 1. The summed E-state index contributed by atoms with van der Waals surface area (Å²) < 4.78 is 32.5. The molecule has 0 aromatic heterocycles. The lowest BCUT2D eigenvalue weighted by atomic mass is 10.1. The Morgan fingerprint density at radius 1 is 1.08 bits per heavy atom. The maximum absolute atomic E-state index is 12.3. The van der Waals surface area contributed by atoms with Crippen LogP contribution in [0.5, 0.6) is 5.75 Å². The van der Waals surface area contributed by atoms with Crippen LogP contribution in [0.3, 0.4) is 0 Å². The minimum atomic E-state index is -3.72. The monoisotopic (exact) mass is 355 g/mol. The molecule has 0 aliphatic rings. The Morgan fingerprint density at radius 3 is 2.28 bits per heavy atom. The van der Waals surface area contributed by atoms with Gasteiger partial charge in [0.15, 0.2) is 5.54 Å². The molecule has 7 heteroatoms. The van der Waals surface area contributed by atoms with Crippen LogP contribution in [0.25, 0.3) is 0 Å². The normalized spacial score (nSPS) is 13.2. The van der Waals surface area contributed by atoms with Crippen molar-refractivity contribution in [2.24, 2.45) is 0 Å². The molecule has 2 aromatic rings. The number of nitrogens with one attached hydrogen (secondary N) is 1. The van der Waals surface area contributed by atoms with E-state index in [2.05, 4.69) is 4.72 Å². The zero-order valence-corrected chi connectivity index (χ0v) is 14.5. The van der Waals surface area contributed by atoms with Gasteiger partial charge in [0, 0.05) is 0 Å². The Morgan fingerprint density at radius 2 is 1.72 bits per heavy atom. The van der Waals surface area contributed by atoms with Crippen molar-refractivity contribution < 1.29 is 13.2 Å². The number of hydrogen-bond acceptors (Lipinski definition) is 5.